The first-order valence-corrected chi connectivity index (χ1v) is 4.63. The van der Waals surface area contributed by atoms with E-state index in [-0.39, 0.29) is 0 Å². The van der Waals surface area contributed by atoms with E-state index in [1.165, 1.54) is 10.4 Å². The van der Waals surface area contributed by atoms with Crippen molar-refractivity contribution in [3.63, 3.8) is 0 Å². The Balaban J connectivity index is 2.57. The van der Waals surface area contributed by atoms with E-state index in [4.69, 9.17) is 5.26 Å². The SMILES string of the molecule is N#Cc1csc2c1CC=CC=C2. The van der Waals surface area contributed by atoms with Crippen LogP contribution in [0.15, 0.2) is 23.6 Å². The summed E-state index contributed by atoms with van der Waals surface area (Å²) in [5.41, 5.74) is 2.00. The largest absolute Gasteiger partial charge is 0.192 e. The fourth-order valence-corrected chi connectivity index (χ4v) is 2.18. The van der Waals surface area contributed by atoms with Gasteiger partial charge in [-0.2, -0.15) is 5.26 Å². The molecule has 58 valence electrons. The number of hydrogen-bond acceptors (Lipinski definition) is 2. The van der Waals surface area contributed by atoms with E-state index in [1.54, 1.807) is 11.3 Å². The Hall–Kier alpha value is -1.33. The molecule has 1 aromatic rings. The molecular formula is C10H7NS. The summed E-state index contributed by atoms with van der Waals surface area (Å²) in [4.78, 5) is 1.22. The van der Waals surface area contributed by atoms with Crippen molar-refractivity contribution < 1.29 is 0 Å². The highest BCUT2D eigenvalue weighted by Crippen LogP contribution is 2.25. The van der Waals surface area contributed by atoms with E-state index in [2.05, 4.69) is 18.2 Å². The number of nitriles is 1. The van der Waals surface area contributed by atoms with E-state index in [0.717, 1.165) is 12.0 Å². The Bertz CT molecular complexity index is 390. The van der Waals surface area contributed by atoms with Gasteiger partial charge in [-0.25, -0.2) is 0 Å². The van der Waals surface area contributed by atoms with Crippen molar-refractivity contribution in [2.75, 3.05) is 0 Å². The van der Waals surface area contributed by atoms with Crippen LogP contribution in [0.2, 0.25) is 0 Å². The van der Waals surface area contributed by atoms with Crippen molar-refractivity contribution >= 4 is 17.4 Å². The van der Waals surface area contributed by atoms with Gasteiger partial charge in [0, 0.05) is 10.3 Å². The van der Waals surface area contributed by atoms with Gasteiger partial charge in [-0.15, -0.1) is 11.3 Å². The fraction of sp³-hybridized carbons (Fsp3) is 0.100. The molecule has 0 aromatic carbocycles. The first-order chi connectivity index (χ1) is 5.92. The van der Waals surface area contributed by atoms with Crippen molar-refractivity contribution in [2.45, 2.75) is 6.42 Å². The van der Waals surface area contributed by atoms with E-state index in [1.807, 2.05) is 17.5 Å². The average Bonchev–Trinajstić information content (AvgIpc) is 2.33. The summed E-state index contributed by atoms with van der Waals surface area (Å²) >= 11 is 1.64. The van der Waals surface area contributed by atoms with Gasteiger partial charge in [0.1, 0.15) is 6.07 Å². The molecule has 0 N–H and O–H groups in total. The zero-order valence-electron chi connectivity index (χ0n) is 6.45. The van der Waals surface area contributed by atoms with Crippen LogP contribution in [0.25, 0.3) is 6.08 Å². The lowest BCUT2D eigenvalue weighted by molar-refractivity contribution is 1.27. The highest BCUT2D eigenvalue weighted by Gasteiger charge is 2.08. The molecule has 0 fully saturated rings. The highest BCUT2D eigenvalue weighted by molar-refractivity contribution is 7.11. The molecule has 1 aliphatic carbocycles. The van der Waals surface area contributed by atoms with Crippen LogP contribution in [-0.2, 0) is 6.42 Å². The van der Waals surface area contributed by atoms with Gasteiger partial charge in [0.25, 0.3) is 0 Å². The lowest BCUT2D eigenvalue weighted by Crippen LogP contribution is -1.82. The Morgan fingerprint density at radius 3 is 3.17 bits per heavy atom. The quantitative estimate of drug-likeness (QED) is 0.591. The van der Waals surface area contributed by atoms with Gasteiger partial charge < -0.3 is 0 Å². The number of rotatable bonds is 0. The molecule has 0 bridgehead atoms. The van der Waals surface area contributed by atoms with Crippen LogP contribution in [-0.4, -0.2) is 0 Å². The number of allylic oxidation sites excluding steroid dienone is 3. The maximum Gasteiger partial charge on any atom is 0.100 e. The monoisotopic (exact) mass is 173 g/mol. The Morgan fingerprint density at radius 2 is 2.33 bits per heavy atom. The standard InChI is InChI=1S/C10H7NS/c11-6-8-7-12-10-5-3-1-2-4-9(8)10/h1-3,5,7H,4H2. The minimum absolute atomic E-state index is 0.825. The van der Waals surface area contributed by atoms with Gasteiger partial charge in [-0.05, 0) is 18.1 Å². The average molecular weight is 173 g/mol. The second kappa shape index (κ2) is 2.96. The third-order valence-electron chi connectivity index (χ3n) is 1.86. The third kappa shape index (κ3) is 1.09. The topological polar surface area (TPSA) is 23.8 Å². The zero-order valence-corrected chi connectivity index (χ0v) is 7.27. The molecule has 1 heterocycles. The smallest absolute Gasteiger partial charge is 0.100 e. The van der Waals surface area contributed by atoms with Crippen LogP contribution in [0.5, 0.6) is 0 Å². The second-order valence-electron chi connectivity index (χ2n) is 2.60. The summed E-state index contributed by atoms with van der Waals surface area (Å²) in [6.07, 6.45) is 9.06. The molecule has 0 atom stereocenters. The summed E-state index contributed by atoms with van der Waals surface area (Å²) in [6, 6.07) is 2.21. The molecule has 1 aliphatic rings. The first-order valence-electron chi connectivity index (χ1n) is 3.75. The van der Waals surface area contributed by atoms with E-state index >= 15 is 0 Å². The molecule has 0 amide bonds. The van der Waals surface area contributed by atoms with Gasteiger partial charge in [-0.1, -0.05) is 18.2 Å². The molecule has 2 rings (SSSR count). The second-order valence-corrected chi connectivity index (χ2v) is 3.51. The Morgan fingerprint density at radius 1 is 1.42 bits per heavy atom. The number of thiophene rings is 1. The van der Waals surface area contributed by atoms with E-state index < -0.39 is 0 Å². The van der Waals surface area contributed by atoms with Crippen LogP contribution >= 0.6 is 11.3 Å². The third-order valence-corrected chi connectivity index (χ3v) is 2.85. The molecule has 12 heavy (non-hydrogen) atoms. The van der Waals surface area contributed by atoms with Gasteiger partial charge in [-0.3, -0.25) is 0 Å². The van der Waals surface area contributed by atoms with Crippen molar-refractivity contribution in [1.29, 1.82) is 5.26 Å². The molecule has 0 unspecified atom stereocenters. The summed E-state index contributed by atoms with van der Waals surface area (Å²) in [7, 11) is 0. The summed E-state index contributed by atoms with van der Waals surface area (Å²) in [5.74, 6) is 0. The minimum atomic E-state index is 0.825. The first kappa shape index (κ1) is 7.33. The number of fused-ring (bicyclic) bond motifs is 1. The zero-order chi connectivity index (χ0) is 8.39. The highest BCUT2D eigenvalue weighted by atomic mass is 32.1. The van der Waals surface area contributed by atoms with Crippen LogP contribution in [0.3, 0.4) is 0 Å². The number of nitrogens with zero attached hydrogens (tertiary/aromatic N) is 1. The van der Waals surface area contributed by atoms with Crippen molar-refractivity contribution in [3.05, 3.63) is 39.6 Å². The molecular weight excluding hydrogens is 166 g/mol. The maximum atomic E-state index is 8.78. The molecule has 0 aliphatic heterocycles. The van der Waals surface area contributed by atoms with Crippen LogP contribution < -0.4 is 0 Å². The van der Waals surface area contributed by atoms with Crippen molar-refractivity contribution in [2.24, 2.45) is 0 Å². The van der Waals surface area contributed by atoms with Crippen LogP contribution in [0.1, 0.15) is 16.0 Å². The molecule has 1 nitrogen and oxygen atoms in total. The van der Waals surface area contributed by atoms with Gasteiger partial charge in [0.05, 0.1) is 5.56 Å². The Kier molecular flexibility index (Phi) is 1.81. The van der Waals surface area contributed by atoms with Gasteiger partial charge in [0.15, 0.2) is 0 Å². The van der Waals surface area contributed by atoms with Gasteiger partial charge >= 0.3 is 0 Å². The predicted octanol–water partition coefficient (Wildman–Crippen LogP) is 2.75. The summed E-state index contributed by atoms with van der Waals surface area (Å²) in [6.45, 7) is 0. The van der Waals surface area contributed by atoms with Crippen molar-refractivity contribution in [1.82, 2.24) is 0 Å². The molecule has 0 saturated carbocycles. The predicted molar refractivity (Wildman–Crippen MR) is 50.9 cm³/mol. The van der Waals surface area contributed by atoms with Gasteiger partial charge in [0.2, 0.25) is 0 Å². The molecule has 1 aromatic heterocycles. The summed E-state index contributed by atoms with van der Waals surface area (Å²) in [5, 5.41) is 10.7. The molecule has 0 saturated heterocycles. The minimum Gasteiger partial charge on any atom is -0.192 e. The molecule has 2 heteroatoms. The molecule has 0 radical (unpaired) electrons. The number of hydrogen-bond donors (Lipinski definition) is 0. The lowest BCUT2D eigenvalue weighted by Gasteiger charge is -1.92. The van der Waals surface area contributed by atoms with Crippen molar-refractivity contribution in [3.8, 4) is 6.07 Å². The van der Waals surface area contributed by atoms with Crippen LogP contribution in [0.4, 0.5) is 0 Å². The summed E-state index contributed by atoms with van der Waals surface area (Å²) < 4.78 is 0. The van der Waals surface area contributed by atoms with Crippen LogP contribution in [0, 0.1) is 11.3 Å². The lowest BCUT2D eigenvalue weighted by atomic mass is 10.1. The normalized spacial score (nSPS) is 13.6. The molecule has 0 spiro atoms. The Labute approximate surface area is 75.3 Å². The van der Waals surface area contributed by atoms with E-state index in [0.29, 0.717) is 0 Å². The van der Waals surface area contributed by atoms with E-state index in [9.17, 15) is 0 Å². The fourth-order valence-electron chi connectivity index (χ4n) is 1.25. The maximum absolute atomic E-state index is 8.78.